The summed E-state index contributed by atoms with van der Waals surface area (Å²) in [7, 11) is -1.96. The maximum absolute atomic E-state index is 15.3. The number of ether oxygens (including phenoxy) is 1. The number of Topliss-reactive ketones (excluding diaryl/α,β-unsaturated/α-hetero) is 1. The molecular formula is C28H32ClFN6O5SSi. The van der Waals surface area contributed by atoms with Gasteiger partial charge in [-0.1, -0.05) is 32.4 Å². The maximum Gasteiger partial charge on any atom is 0.329 e. The molecule has 0 aliphatic carbocycles. The number of aromatic nitrogens is 5. The average molecular weight is 647 g/mol. The number of fused-ring (bicyclic) bond motifs is 1. The minimum atomic E-state index is -1.96. The minimum Gasteiger partial charge on any atom is -0.456 e. The Bertz CT molecular complexity index is 1590. The standard InChI is InChI=1S/C28H32ClFN6O5SSi/c1-28(2,3)43(4,5)41-13-18-12-31-26(42-18)22(37)14-40-27(39)21-8-6-17-10-16(11-23(38)36(17)21)24-20(35-15-32-33-34-35)9-7-19(29)25(24)30/h7,9,11-12,15,17,21H,6,8,10,13-14H2,1-5H3/t17-,21+/m1/s1. The molecule has 3 aromatic rings. The summed E-state index contributed by atoms with van der Waals surface area (Å²) in [5.41, 5.74) is 0.892. The summed E-state index contributed by atoms with van der Waals surface area (Å²) in [4.78, 5) is 45.5. The molecule has 2 aliphatic heterocycles. The van der Waals surface area contributed by atoms with E-state index >= 15 is 4.39 Å². The van der Waals surface area contributed by atoms with Crippen molar-refractivity contribution < 1.29 is 27.9 Å². The van der Waals surface area contributed by atoms with Crippen molar-refractivity contribution in [1.82, 2.24) is 30.1 Å². The molecule has 1 aromatic carbocycles. The number of hydrogen-bond donors (Lipinski definition) is 0. The molecule has 1 amide bonds. The van der Waals surface area contributed by atoms with Crippen LogP contribution in [0.4, 0.5) is 4.39 Å². The van der Waals surface area contributed by atoms with E-state index in [0.717, 1.165) is 4.88 Å². The van der Waals surface area contributed by atoms with Crippen LogP contribution >= 0.6 is 22.9 Å². The van der Waals surface area contributed by atoms with Crippen molar-refractivity contribution in [3.63, 3.8) is 0 Å². The summed E-state index contributed by atoms with van der Waals surface area (Å²) in [5.74, 6) is -2.23. The summed E-state index contributed by atoms with van der Waals surface area (Å²) in [6, 6.07) is 1.76. The monoisotopic (exact) mass is 646 g/mol. The number of hydrogen-bond acceptors (Lipinski definition) is 10. The van der Waals surface area contributed by atoms with Crippen LogP contribution in [0.15, 0.2) is 30.7 Å². The van der Waals surface area contributed by atoms with Gasteiger partial charge in [-0.05, 0) is 65.5 Å². The number of ketones is 1. The van der Waals surface area contributed by atoms with E-state index in [1.165, 1.54) is 39.4 Å². The fraction of sp³-hybridized carbons (Fsp3) is 0.464. The van der Waals surface area contributed by atoms with Gasteiger partial charge in [-0.25, -0.2) is 14.2 Å². The van der Waals surface area contributed by atoms with Crippen molar-refractivity contribution in [1.29, 1.82) is 0 Å². The summed E-state index contributed by atoms with van der Waals surface area (Å²) in [6.07, 6.45) is 5.39. The molecule has 0 unspecified atom stereocenters. The molecule has 1 fully saturated rings. The van der Waals surface area contributed by atoms with Gasteiger partial charge in [0.2, 0.25) is 11.7 Å². The lowest BCUT2D eigenvalue weighted by molar-refractivity contribution is -0.152. The Kier molecular flexibility index (Phi) is 8.67. The fourth-order valence-corrected chi connectivity index (χ4v) is 6.89. The molecule has 11 nitrogen and oxygen atoms in total. The second-order valence-corrected chi connectivity index (χ2v) is 18.4. The number of amides is 1. The first-order valence-corrected chi connectivity index (χ1v) is 17.9. The van der Waals surface area contributed by atoms with E-state index < -0.39 is 44.4 Å². The largest absolute Gasteiger partial charge is 0.456 e. The van der Waals surface area contributed by atoms with E-state index in [1.807, 2.05) is 0 Å². The van der Waals surface area contributed by atoms with Gasteiger partial charge in [0.25, 0.3) is 0 Å². The van der Waals surface area contributed by atoms with E-state index in [-0.39, 0.29) is 26.7 Å². The van der Waals surface area contributed by atoms with Gasteiger partial charge in [0, 0.05) is 28.8 Å². The number of carbonyl (C=O) groups is 3. The molecule has 5 rings (SSSR count). The number of thiazole rings is 1. The smallest absolute Gasteiger partial charge is 0.329 e. The van der Waals surface area contributed by atoms with Gasteiger partial charge in [0.05, 0.1) is 17.3 Å². The molecule has 2 aromatic heterocycles. The van der Waals surface area contributed by atoms with Crippen LogP contribution in [0.25, 0.3) is 11.3 Å². The van der Waals surface area contributed by atoms with Crippen LogP contribution in [-0.4, -0.2) is 74.8 Å². The highest BCUT2D eigenvalue weighted by atomic mass is 35.5. The lowest BCUT2D eigenvalue weighted by Gasteiger charge is -2.35. The van der Waals surface area contributed by atoms with Crippen LogP contribution in [-0.2, 0) is 25.4 Å². The van der Waals surface area contributed by atoms with E-state index in [9.17, 15) is 14.4 Å². The first kappa shape index (κ1) is 31.1. The molecule has 1 saturated heterocycles. The maximum atomic E-state index is 15.3. The van der Waals surface area contributed by atoms with Crippen LogP contribution in [0.3, 0.4) is 0 Å². The third-order valence-electron chi connectivity index (χ3n) is 8.29. The molecule has 43 heavy (non-hydrogen) atoms. The molecule has 228 valence electrons. The van der Waals surface area contributed by atoms with Crippen molar-refractivity contribution in [2.75, 3.05) is 6.61 Å². The Balaban J connectivity index is 1.23. The predicted octanol–water partition coefficient (Wildman–Crippen LogP) is 5.01. The van der Waals surface area contributed by atoms with Gasteiger partial charge in [-0.2, -0.15) is 4.68 Å². The van der Waals surface area contributed by atoms with E-state index in [1.54, 1.807) is 12.3 Å². The quantitative estimate of drug-likeness (QED) is 0.179. The molecule has 0 spiro atoms. The SMILES string of the molecule is CC(C)(C)[Si](C)(C)OCc1cnc(C(=O)COC(=O)[C@@H]2CC[C@@H]3CC(c4c(-n5cnnn5)ccc(Cl)c4F)=CC(=O)N32)s1. The molecular weight excluding hydrogens is 615 g/mol. The van der Waals surface area contributed by atoms with Crippen molar-refractivity contribution >= 4 is 54.5 Å². The van der Waals surface area contributed by atoms with Crippen LogP contribution in [0.1, 0.15) is 60.3 Å². The van der Waals surface area contributed by atoms with E-state index in [2.05, 4.69) is 54.4 Å². The number of rotatable bonds is 9. The number of halogens is 2. The highest BCUT2D eigenvalue weighted by Crippen LogP contribution is 2.40. The van der Waals surface area contributed by atoms with Gasteiger partial charge < -0.3 is 14.1 Å². The molecule has 0 bridgehead atoms. The van der Waals surface area contributed by atoms with Crippen molar-refractivity contribution in [3.05, 3.63) is 57.0 Å². The molecule has 15 heteroatoms. The highest BCUT2D eigenvalue weighted by molar-refractivity contribution is 7.13. The zero-order valence-corrected chi connectivity index (χ0v) is 27.0. The van der Waals surface area contributed by atoms with E-state index in [0.29, 0.717) is 37.1 Å². The number of benzene rings is 1. The predicted molar refractivity (Wildman–Crippen MR) is 160 cm³/mol. The number of nitrogens with zero attached hydrogens (tertiary/aromatic N) is 6. The minimum absolute atomic E-state index is 0.0565. The first-order valence-electron chi connectivity index (χ1n) is 13.8. The van der Waals surface area contributed by atoms with Crippen molar-refractivity contribution in [2.24, 2.45) is 0 Å². The van der Waals surface area contributed by atoms with Crippen LogP contribution in [0, 0.1) is 5.82 Å². The molecule has 0 saturated carbocycles. The fourth-order valence-electron chi connectivity index (χ4n) is 4.93. The normalized spacial score (nSPS) is 18.9. The summed E-state index contributed by atoms with van der Waals surface area (Å²) in [6.45, 7) is 10.7. The van der Waals surface area contributed by atoms with Gasteiger partial charge in [-0.15, -0.1) is 16.4 Å². The van der Waals surface area contributed by atoms with Crippen molar-refractivity contribution in [2.45, 2.75) is 76.9 Å². The third kappa shape index (κ3) is 6.32. The Morgan fingerprint density at radius 2 is 2.00 bits per heavy atom. The Morgan fingerprint density at radius 3 is 2.70 bits per heavy atom. The van der Waals surface area contributed by atoms with Gasteiger partial charge in [-0.3, -0.25) is 9.59 Å². The second kappa shape index (κ2) is 12.0. The Morgan fingerprint density at radius 1 is 1.23 bits per heavy atom. The lowest BCUT2D eigenvalue weighted by Crippen LogP contribution is -2.47. The summed E-state index contributed by atoms with van der Waals surface area (Å²) >= 11 is 7.29. The highest BCUT2D eigenvalue weighted by Gasteiger charge is 2.44. The number of tetrazole rings is 1. The first-order chi connectivity index (χ1) is 20.3. The second-order valence-electron chi connectivity index (χ2n) is 12.1. The summed E-state index contributed by atoms with van der Waals surface area (Å²) in [5, 5.41) is 11.2. The van der Waals surface area contributed by atoms with Crippen LogP contribution < -0.4 is 0 Å². The number of esters is 1. The molecule has 2 aliphatic rings. The van der Waals surface area contributed by atoms with Crippen LogP contribution in [0.2, 0.25) is 23.2 Å². The zero-order valence-electron chi connectivity index (χ0n) is 24.5. The lowest BCUT2D eigenvalue weighted by atomic mass is 9.92. The van der Waals surface area contributed by atoms with Crippen molar-refractivity contribution in [3.8, 4) is 5.69 Å². The zero-order chi connectivity index (χ0) is 31.1. The van der Waals surface area contributed by atoms with Gasteiger partial charge in [0.15, 0.2) is 25.7 Å². The molecule has 2 atom stereocenters. The van der Waals surface area contributed by atoms with Gasteiger partial charge >= 0.3 is 5.97 Å². The molecule has 0 N–H and O–H groups in total. The number of carbonyl (C=O) groups excluding carboxylic acids is 3. The van der Waals surface area contributed by atoms with Crippen LogP contribution in [0.5, 0.6) is 0 Å². The van der Waals surface area contributed by atoms with E-state index in [4.69, 9.17) is 20.8 Å². The average Bonchev–Trinajstić information content (AvgIpc) is 3.72. The Labute approximate surface area is 258 Å². The summed E-state index contributed by atoms with van der Waals surface area (Å²) < 4.78 is 28.1. The topological polar surface area (TPSA) is 129 Å². The molecule has 4 heterocycles. The molecule has 0 radical (unpaired) electrons. The third-order valence-corrected chi connectivity index (χ3v) is 14.1. The Hall–Kier alpha value is -3.33. The van der Waals surface area contributed by atoms with Gasteiger partial charge in [0.1, 0.15) is 12.4 Å².